The fourth-order valence-corrected chi connectivity index (χ4v) is 1.85. The molecular formula is C14H15ClN2O2. The van der Waals surface area contributed by atoms with Gasteiger partial charge in [0.15, 0.2) is 0 Å². The molecule has 0 amide bonds. The van der Waals surface area contributed by atoms with Crippen molar-refractivity contribution in [1.82, 2.24) is 4.98 Å². The highest BCUT2D eigenvalue weighted by Gasteiger charge is 2.05. The van der Waals surface area contributed by atoms with Crippen LogP contribution in [0, 0.1) is 6.92 Å². The largest absolute Gasteiger partial charge is 0.497 e. The van der Waals surface area contributed by atoms with Crippen LogP contribution in [0.25, 0.3) is 0 Å². The molecule has 0 unspecified atom stereocenters. The SMILES string of the molecule is COc1cc(C)nc(COc2cc(N)ccc2Cl)c1. The normalized spacial score (nSPS) is 10.3. The van der Waals surface area contributed by atoms with Crippen molar-refractivity contribution in [3.63, 3.8) is 0 Å². The standard InChI is InChI=1S/C14H15ClN2O2/c1-9-5-12(18-2)7-11(17-9)8-19-14-6-10(16)3-4-13(14)15/h3-7H,8,16H2,1-2H3. The highest BCUT2D eigenvalue weighted by Crippen LogP contribution is 2.27. The Morgan fingerprint density at radius 3 is 2.79 bits per heavy atom. The molecule has 19 heavy (non-hydrogen) atoms. The third-order valence-corrected chi connectivity index (χ3v) is 2.86. The van der Waals surface area contributed by atoms with Crippen molar-refractivity contribution in [2.75, 3.05) is 12.8 Å². The number of methoxy groups -OCH3 is 1. The maximum atomic E-state index is 6.03. The van der Waals surface area contributed by atoms with Crippen molar-refractivity contribution in [3.8, 4) is 11.5 Å². The van der Waals surface area contributed by atoms with Gasteiger partial charge in [-0.25, -0.2) is 0 Å². The van der Waals surface area contributed by atoms with Crippen LogP contribution in [0.5, 0.6) is 11.5 Å². The van der Waals surface area contributed by atoms with Gasteiger partial charge in [-0.2, -0.15) is 0 Å². The summed E-state index contributed by atoms with van der Waals surface area (Å²) in [5.41, 5.74) is 7.94. The minimum atomic E-state index is 0.307. The summed E-state index contributed by atoms with van der Waals surface area (Å²) in [5.74, 6) is 1.30. The molecule has 0 bridgehead atoms. The number of hydrogen-bond donors (Lipinski definition) is 1. The zero-order valence-electron chi connectivity index (χ0n) is 10.8. The van der Waals surface area contributed by atoms with E-state index in [4.69, 9.17) is 26.8 Å². The van der Waals surface area contributed by atoms with Gasteiger partial charge in [-0.1, -0.05) is 11.6 Å². The van der Waals surface area contributed by atoms with E-state index in [0.29, 0.717) is 23.1 Å². The van der Waals surface area contributed by atoms with Crippen LogP contribution in [0.1, 0.15) is 11.4 Å². The molecule has 2 N–H and O–H groups in total. The van der Waals surface area contributed by atoms with Crippen molar-refractivity contribution < 1.29 is 9.47 Å². The first kappa shape index (κ1) is 13.5. The average Bonchev–Trinajstić information content (AvgIpc) is 2.39. The summed E-state index contributed by atoms with van der Waals surface area (Å²) in [6.07, 6.45) is 0. The van der Waals surface area contributed by atoms with Crippen LogP contribution in [0.4, 0.5) is 5.69 Å². The molecule has 0 saturated carbocycles. The first-order valence-electron chi connectivity index (χ1n) is 5.78. The molecule has 0 atom stereocenters. The van der Waals surface area contributed by atoms with E-state index in [1.807, 2.05) is 19.1 Å². The van der Waals surface area contributed by atoms with Crippen LogP contribution in [-0.4, -0.2) is 12.1 Å². The zero-order chi connectivity index (χ0) is 13.8. The molecule has 0 radical (unpaired) electrons. The third-order valence-electron chi connectivity index (χ3n) is 2.55. The van der Waals surface area contributed by atoms with Gasteiger partial charge in [0.05, 0.1) is 17.8 Å². The Balaban J connectivity index is 2.14. The van der Waals surface area contributed by atoms with Gasteiger partial charge in [0.2, 0.25) is 0 Å². The Bertz CT molecular complexity index is 588. The van der Waals surface area contributed by atoms with Gasteiger partial charge in [0.1, 0.15) is 18.1 Å². The number of hydrogen-bond acceptors (Lipinski definition) is 4. The fraction of sp³-hybridized carbons (Fsp3) is 0.214. The van der Waals surface area contributed by atoms with Crippen molar-refractivity contribution in [3.05, 3.63) is 46.7 Å². The summed E-state index contributed by atoms with van der Waals surface area (Å²) in [7, 11) is 1.62. The topological polar surface area (TPSA) is 57.4 Å². The third kappa shape index (κ3) is 3.51. The van der Waals surface area contributed by atoms with E-state index in [2.05, 4.69) is 4.98 Å². The molecule has 2 rings (SSSR count). The van der Waals surface area contributed by atoms with E-state index in [-0.39, 0.29) is 0 Å². The van der Waals surface area contributed by atoms with Crippen LogP contribution in [0.15, 0.2) is 30.3 Å². The lowest BCUT2D eigenvalue weighted by Gasteiger charge is -2.10. The molecule has 0 aliphatic rings. The summed E-state index contributed by atoms with van der Waals surface area (Å²) < 4.78 is 10.8. The highest BCUT2D eigenvalue weighted by atomic mass is 35.5. The lowest BCUT2D eigenvalue weighted by Crippen LogP contribution is -2.01. The summed E-state index contributed by atoms with van der Waals surface area (Å²) in [5, 5.41) is 0.522. The quantitative estimate of drug-likeness (QED) is 0.873. The molecule has 4 nitrogen and oxygen atoms in total. The molecular weight excluding hydrogens is 264 g/mol. The number of aryl methyl sites for hydroxylation is 1. The highest BCUT2D eigenvalue weighted by molar-refractivity contribution is 6.32. The second-order valence-electron chi connectivity index (χ2n) is 4.12. The average molecular weight is 279 g/mol. The monoisotopic (exact) mass is 278 g/mol. The van der Waals surface area contributed by atoms with Crippen LogP contribution in [0.3, 0.4) is 0 Å². The van der Waals surface area contributed by atoms with E-state index >= 15 is 0 Å². The lowest BCUT2D eigenvalue weighted by molar-refractivity contribution is 0.300. The van der Waals surface area contributed by atoms with Gasteiger partial charge in [0, 0.05) is 29.6 Å². The van der Waals surface area contributed by atoms with Crippen LogP contribution >= 0.6 is 11.6 Å². The van der Waals surface area contributed by atoms with Gasteiger partial charge in [-0.15, -0.1) is 0 Å². The van der Waals surface area contributed by atoms with Gasteiger partial charge < -0.3 is 15.2 Å². The van der Waals surface area contributed by atoms with Crippen molar-refractivity contribution >= 4 is 17.3 Å². The van der Waals surface area contributed by atoms with Crippen molar-refractivity contribution in [1.29, 1.82) is 0 Å². The molecule has 1 heterocycles. The van der Waals surface area contributed by atoms with Crippen molar-refractivity contribution in [2.24, 2.45) is 0 Å². The van der Waals surface area contributed by atoms with Crippen molar-refractivity contribution in [2.45, 2.75) is 13.5 Å². The number of aromatic nitrogens is 1. The Morgan fingerprint density at radius 1 is 1.26 bits per heavy atom. The summed E-state index contributed by atoms with van der Waals surface area (Å²) in [6.45, 7) is 2.21. The van der Waals surface area contributed by atoms with Gasteiger partial charge >= 0.3 is 0 Å². The maximum Gasteiger partial charge on any atom is 0.140 e. The first-order valence-corrected chi connectivity index (χ1v) is 6.15. The Hall–Kier alpha value is -1.94. The zero-order valence-corrected chi connectivity index (χ0v) is 11.6. The number of nitrogens with two attached hydrogens (primary N) is 1. The molecule has 0 fully saturated rings. The number of halogens is 1. The van der Waals surface area contributed by atoms with Crippen LogP contribution < -0.4 is 15.2 Å². The minimum absolute atomic E-state index is 0.307. The molecule has 0 saturated heterocycles. The molecule has 1 aromatic carbocycles. The Labute approximate surface area is 117 Å². The maximum absolute atomic E-state index is 6.03. The number of anilines is 1. The van der Waals surface area contributed by atoms with E-state index < -0.39 is 0 Å². The number of nitrogen functional groups attached to an aromatic ring is 1. The Kier molecular flexibility index (Phi) is 4.12. The van der Waals surface area contributed by atoms with Crippen LogP contribution in [0.2, 0.25) is 5.02 Å². The molecule has 100 valence electrons. The fourth-order valence-electron chi connectivity index (χ4n) is 1.68. The molecule has 1 aromatic heterocycles. The molecule has 2 aromatic rings. The van der Waals surface area contributed by atoms with E-state index in [1.54, 1.807) is 25.3 Å². The van der Waals surface area contributed by atoms with Gasteiger partial charge in [-0.3, -0.25) is 4.98 Å². The summed E-state index contributed by atoms with van der Waals surface area (Å²) >= 11 is 6.03. The molecule has 5 heteroatoms. The van der Waals surface area contributed by atoms with Crippen LogP contribution in [-0.2, 0) is 6.61 Å². The van der Waals surface area contributed by atoms with E-state index in [0.717, 1.165) is 17.1 Å². The molecule has 0 aliphatic carbocycles. The first-order chi connectivity index (χ1) is 9.08. The predicted molar refractivity (Wildman–Crippen MR) is 75.7 cm³/mol. The second-order valence-corrected chi connectivity index (χ2v) is 4.53. The van der Waals surface area contributed by atoms with Gasteiger partial charge in [0.25, 0.3) is 0 Å². The lowest BCUT2D eigenvalue weighted by atomic mass is 10.3. The van der Waals surface area contributed by atoms with Gasteiger partial charge in [-0.05, 0) is 19.1 Å². The number of nitrogens with zero attached hydrogens (tertiary/aromatic N) is 1. The molecule has 0 spiro atoms. The van der Waals surface area contributed by atoms with E-state index in [1.165, 1.54) is 0 Å². The predicted octanol–water partition coefficient (Wildman–Crippen LogP) is 3.21. The second kappa shape index (κ2) is 5.80. The number of rotatable bonds is 4. The number of benzene rings is 1. The summed E-state index contributed by atoms with van der Waals surface area (Å²) in [6, 6.07) is 8.80. The molecule has 0 aliphatic heterocycles. The minimum Gasteiger partial charge on any atom is -0.497 e. The summed E-state index contributed by atoms with van der Waals surface area (Å²) in [4.78, 5) is 4.37. The van der Waals surface area contributed by atoms with E-state index in [9.17, 15) is 0 Å². The smallest absolute Gasteiger partial charge is 0.140 e. The number of ether oxygens (including phenoxy) is 2. The Morgan fingerprint density at radius 2 is 2.05 bits per heavy atom. The number of pyridine rings is 1.